The smallest absolute Gasteiger partial charge is 0.251 e. The van der Waals surface area contributed by atoms with E-state index in [4.69, 9.17) is 5.73 Å². The second-order valence-electron chi connectivity index (χ2n) is 5.84. The van der Waals surface area contributed by atoms with Gasteiger partial charge in [-0.05, 0) is 55.7 Å². The molecule has 0 bridgehead atoms. The molecule has 0 aromatic heterocycles. The summed E-state index contributed by atoms with van der Waals surface area (Å²) in [5.74, 6) is 0.655. The number of carbonyl (C=O) groups excluding carboxylic acids is 1. The van der Waals surface area contributed by atoms with Crippen molar-refractivity contribution in [2.24, 2.45) is 5.73 Å². The third-order valence-electron chi connectivity index (χ3n) is 4.23. The summed E-state index contributed by atoms with van der Waals surface area (Å²) < 4.78 is 0. The number of nitrogens with one attached hydrogen (secondary N) is 1. The molecule has 3 heteroatoms. The summed E-state index contributed by atoms with van der Waals surface area (Å²) in [6.45, 7) is 2.88. The van der Waals surface area contributed by atoms with Gasteiger partial charge in [-0.15, -0.1) is 0 Å². The van der Waals surface area contributed by atoms with Crippen LogP contribution in [-0.2, 0) is 0 Å². The Bertz CT molecular complexity index is 419. The van der Waals surface area contributed by atoms with Crippen LogP contribution in [0.2, 0.25) is 0 Å². The van der Waals surface area contributed by atoms with Gasteiger partial charge in [0, 0.05) is 18.2 Å². The fourth-order valence-electron chi connectivity index (χ4n) is 2.84. The molecule has 1 aliphatic carbocycles. The van der Waals surface area contributed by atoms with Crippen LogP contribution in [-0.4, -0.2) is 18.5 Å². The Balaban J connectivity index is 1.90. The first-order valence-corrected chi connectivity index (χ1v) is 7.84. The molecule has 1 aromatic rings. The highest BCUT2D eigenvalue weighted by Crippen LogP contribution is 2.32. The second-order valence-corrected chi connectivity index (χ2v) is 5.84. The summed E-state index contributed by atoms with van der Waals surface area (Å²) in [5.41, 5.74) is 8.05. The SMILES string of the molecule is CCCCNC(=O)c1ccc([C@H]2CC[C@H](N)CC2)cc1. The van der Waals surface area contributed by atoms with E-state index >= 15 is 0 Å². The maximum Gasteiger partial charge on any atom is 0.251 e. The maximum atomic E-state index is 11.9. The van der Waals surface area contributed by atoms with Gasteiger partial charge in [-0.1, -0.05) is 25.5 Å². The normalized spacial score (nSPS) is 22.5. The molecular weight excluding hydrogens is 248 g/mol. The molecule has 0 radical (unpaired) electrons. The highest BCUT2D eigenvalue weighted by molar-refractivity contribution is 5.94. The van der Waals surface area contributed by atoms with Gasteiger partial charge >= 0.3 is 0 Å². The van der Waals surface area contributed by atoms with Crippen molar-refractivity contribution in [3.8, 4) is 0 Å². The quantitative estimate of drug-likeness (QED) is 0.810. The van der Waals surface area contributed by atoms with E-state index in [0.717, 1.165) is 37.8 Å². The monoisotopic (exact) mass is 274 g/mol. The van der Waals surface area contributed by atoms with E-state index in [9.17, 15) is 4.79 Å². The molecule has 0 aliphatic heterocycles. The molecule has 1 fully saturated rings. The van der Waals surface area contributed by atoms with Crippen LogP contribution in [0.25, 0.3) is 0 Å². The van der Waals surface area contributed by atoms with E-state index in [1.165, 1.54) is 18.4 Å². The number of unbranched alkanes of at least 4 members (excludes halogenated alkanes) is 1. The number of hydrogen-bond acceptors (Lipinski definition) is 2. The van der Waals surface area contributed by atoms with Gasteiger partial charge in [-0.2, -0.15) is 0 Å². The zero-order valence-electron chi connectivity index (χ0n) is 12.4. The standard InChI is InChI=1S/C17H26N2O/c1-2-3-12-19-17(20)15-6-4-13(5-7-15)14-8-10-16(18)11-9-14/h4-7,14,16H,2-3,8-12,18H2,1H3,(H,19,20)/t14-,16-. The molecule has 1 aliphatic rings. The van der Waals surface area contributed by atoms with Gasteiger partial charge in [0.15, 0.2) is 0 Å². The average molecular weight is 274 g/mol. The van der Waals surface area contributed by atoms with Crippen LogP contribution < -0.4 is 11.1 Å². The highest BCUT2D eigenvalue weighted by atomic mass is 16.1. The van der Waals surface area contributed by atoms with Crippen molar-refractivity contribution in [1.29, 1.82) is 0 Å². The van der Waals surface area contributed by atoms with Gasteiger partial charge in [0.25, 0.3) is 5.91 Å². The van der Waals surface area contributed by atoms with Crippen molar-refractivity contribution in [1.82, 2.24) is 5.32 Å². The van der Waals surface area contributed by atoms with Crippen LogP contribution in [0.15, 0.2) is 24.3 Å². The Morgan fingerprint density at radius 1 is 1.20 bits per heavy atom. The molecule has 0 saturated heterocycles. The van der Waals surface area contributed by atoms with Crippen LogP contribution in [0.1, 0.15) is 67.3 Å². The Hall–Kier alpha value is -1.35. The summed E-state index contributed by atoms with van der Waals surface area (Å²) in [7, 11) is 0. The Morgan fingerprint density at radius 3 is 2.45 bits per heavy atom. The lowest BCUT2D eigenvalue weighted by Gasteiger charge is -2.26. The van der Waals surface area contributed by atoms with E-state index in [1.807, 2.05) is 12.1 Å². The van der Waals surface area contributed by atoms with Crippen molar-refractivity contribution in [3.63, 3.8) is 0 Å². The number of nitrogens with two attached hydrogens (primary N) is 1. The van der Waals surface area contributed by atoms with Crippen LogP contribution in [0, 0.1) is 0 Å². The van der Waals surface area contributed by atoms with Crippen LogP contribution in [0.5, 0.6) is 0 Å². The molecule has 20 heavy (non-hydrogen) atoms. The van der Waals surface area contributed by atoms with Gasteiger partial charge in [-0.25, -0.2) is 0 Å². The van der Waals surface area contributed by atoms with Crippen molar-refractivity contribution in [2.45, 2.75) is 57.4 Å². The lowest BCUT2D eigenvalue weighted by molar-refractivity contribution is 0.0953. The minimum absolute atomic E-state index is 0.0377. The molecule has 0 unspecified atom stereocenters. The van der Waals surface area contributed by atoms with Gasteiger partial charge < -0.3 is 11.1 Å². The first kappa shape index (κ1) is 15.0. The van der Waals surface area contributed by atoms with Crippen LogP contribution in [0.4, 0.5) is 0 Å². The zero-order chi connectivity index (χ0) is 14.4. The van der Waals surface area contributed by atoms with Crippen molar-refractivity contribution >= 4 is 5.91 Å². The predicted octanol–water partition coefficient (Wildman–Crippen LogP) is 3.20. The summed E-state index contributed by atoms with van der Waals surface area (Å²) >= 11 is 0. The van der Waals surface area contributed by atoms with Crippen molar-refractivity contribution < 1.29 is 4.79 Å². The first-order chi connectivity index (χ1) is 9.70. The summed E-state index contributed by atoms with van der Waals surface area (Å²) in [5, 5.41) is 2.95. The Morgan fingerprint density at radius 2 is 1.85 bits per heavy atom. The van der Waals surface area contributed by atoms with Gasteiger partial charge in [0.2, 0.25) is 0 Å². The van der Waals surface area contributed by atoms with Crippen molar-refractivity contribution in [3.05, 3.63) is 35.4 Å². The summed E-state index contributed by atoms with van der Waals surface area (Å²) in [6, 6.07) is 8.50. The largest absolute Gasteiger partial charge is 0.352 e. The van der Waals surface area contributed by atoms with E-state index in [2.05, 4.69) is 24.4 Å². The predicted molar refractivity (Wildman–Crippen MR) is 82.9 cm³/mol. The molecule has 3 nitrogen and oxygen atoms in total. The fourth-order valence-corrected chi connectivity index (χ4v) is 2.84. The minimum atomic E-state index is 0.0377. The molecule has 0 atom stereocenters. The maximum absolute atomic E-state index is 11.9. The topological polar surface area (TPSA) is 55.1 Å². The molecule has 1 saturated carbocycles. The molecule has 0 heterocycles. The van der Waals surface area contributed by atoms with E-state index < -0.39 is 0 Å². The molecule has 3 N–H and O–H groups in total. The first-order valence-electron chi connectivity index (χ1n) is 7.84. The molecule has 110 valence electrons. The van der Waals surface area contributed by atoms with Crippen LogP contribution in [0.3, 0.4) is 0 Å². The number of rotatable bonds is 5. The third-order valence-corrected chi connectivity index (χ3v) is 4.23. The summed E-state index contributed by atoms with van der Waals surface area (Å²) in [6.07, 6.45) is 6.70. The van der Waals surface area contributed by atoms with E-state index in [-0.39, 0.29) is 5.91 Å². The molecular formula is C17H26N2O. The highest BCUT2D eigenvalue weighted by Gasteiger charge is 2.20. The van der Waals surface area contributed by atoms with Crippen LogP contribution >= 0.6 is 0 Å². The number of carbonyl (C=O) groups is 1. The molecule has 1 amide bonds. The van der Waals surface area contributed by atoms with Gasteiger partial charge in [-0.3, -0.25) is 4.79 Å². The minimum Gasteiger partial charge on any atom is -0.352 e. The summed E-state index contributed by atoms with van der Waals surface area (Å²) in [4.78, 5) is 11.9. The molecule has 0 spiro atoms. The van der Waals surface area contributed by atoms with E-state index in [1.54, 1.807) is 0 Å². The lowest BCUT2D eigenvalue weighted by atomic mass is 9.82. The second kappa shape index (κ2) is 7.44. The van der Waals surface area contributed by atoms with Gasteiger partial charge in [0.1, 0.15) is 0 Å². The number of amides is 1. The molecule has 1 aromatic carbocycles. The van der Waals surface area contributed by atoms with Gasteiger partial charge in [0.05, 0.1) is 0 Å². The third kappa shape index (κ3) is 4.07. The molecule has 2 rings (SSSR count). The number of benzene rings is 1. The average Bonchev–Trinajstić information content (AvgIpc) is 2.48. The lowest BCUT2D eigenvalue weighted by Crippen LogP contribution is -2.26. The Labute approximate surface area is 121 Å². The fraction of sp³-hybridized carbons (Fsp3) is 0.588. The van der Waals surface area contributed by atoms with E-state index in [0.29, 0.717) is 12.0 Å². The zero-order valence-corrected chi connectivity index (χ0v) is 12.4. The van der Waals surface area contributed by atoms with Crippen molar-refractivity contribution in [2.75, 3.05) is 6.54 Å². The number of hydrogen-bond donors (Lipinski definition) is 2. The Kier molecular flexibility index (Phi) is 5.60.